The van der Waals surface area contributed by atoms with E-state index in [0.717, 1.165) is 26.3 Å². The lowest BCUT2D eigenvalue weighted by Gasteiger charge is -2.40. The summed E-state index contributed by atoms with van der Waals surface area (Å²) in [5.74, 6) is -0.190. The minimum Gasteiger partial charge on any atom is -0.379 e. The number of rotatable bonds is 4. The van der Waals surface area contributed by atoms with Crippen LogP contribution in [0.15, 0.2) is 18.5 Å². The number of carbonyl (C=O) groups excluding carboxylic acids is 1. The average molecular weight is 298 g/mol. The maximum Gasteiger partial charge on any atom is 0.254 e. The van der Waals surface area contributed by atoms with Gasteiger partial charge in [0.25, 0.3) is 5.91 Å². The van der Waals surface area contributed by atoms with Crippen molar-refractivity contribution in [2.24, 2.45) is 0 Å². The van der Waals surface area contributed by atoms with Crippen molar-refractivity contribution in [3.63, 3.8) is 0 Å². The number of hydrogen-bond acceptors (Lipinski definition) is 4. The van der Waals surface area contributed by atoms with Gasteiger partial charge in [-0.1, -0.05) is 11.6 Å². The van der Waals surface area contributed by atoms with E-state index < -0.39 is 0 Å². The lowest BCUT2D eigenvalue weighted by molar-refractivity contribution is -0.00923. The number of hydrogen-bond donors (Lipinski definition) is 1. The molecule has 0 radical (unpaired) electrons. The van der Waals surface area contributed by atoms with E-state index in [4.69, 9.17) is 16.3 Å². The van der Waals surface area contributed by atoms with Gasteiger partial charge in [0, 0.05) is 37.6 Å². The fourth-order valence-corrected chi connectivity index (χ4v) is 2.41. The summed E-state index contributed by atoms with van der Waals surface area (Å²) in [7, 11) is 0. The van der Waals surface area contributed by atoms with Gasteiger partial charge in [0.05, 0.1) is 23.8 Å². The van der Waals surface area contributed by atoms with E-state index in [1.807, 2.05) is 0 Å². The van der Waals surface area contributed by atoms with E-state index >= 15 is 0 Å². The predicted octanol–water partition coefficient (Wildman–Crippen LogP) is 1.58. The monoisotopic (exact) mass is 297 g/mol. The number of nitrogens with one attached hydrogen (secondary N) is 1. The molecule has 0 aromatic carbocycles. The van der Waals surface area contributed by atoms with Gasteiger partial charge in [-0.2, -0.15) is 0 Å². The molecule has 110 valence electrons. The highest BCUT2D eigenvalue weighted by Gasteiger charge is 2.28. The van der Waals surface area contributed by atoms with Crippen LogP contribution in [0.2, 0.25) is 5.02 Å². The summed E-state index contributed by atoms with van der Waals surface area (Å²) in [6.45, 7) is 8.04. The zero-order chi connectivity index (χ0) is 14.6. The highest BCUT2D eigenvalue weighted by atomic mass is 35.5. The largest absolute Gasteiger partial charge is 0.379 e. The Morgan fingerprint density at radius 1 is 1.50 bits per heavy atom. The lowest BCUT2D eigenvalue weighted by Crippen LogP contribution is -2.55. The quantitative estimate of drug-likeness (QED) is 0.917. The highest BCUT2D eigenvalue weighted by molar-refractivity contribution is 6.33. The zero-order valence-electron chi connectivity index (χ0n) is 11.9. The normalized spacial score (nSPS) is 16.9. The smallest absolute Gasteiger partial charge is 0.254 e. The molecule has 2 rings (SSSR count). The molecule has 1 N–H and O–H groups in total. The molecule has 6 heteroatoms. The summed E-state index contributed by atoms with van der Waals surface area (Å²) in [5, 5.41) is 3.35. The van der Waals surface area contributed by atoms with Gasteiger partial charge in [0.15, 0.2) is 0 Å². The molecular weight excluding hydrogens is 278 g/mol. The van der Waals surface area contributed by atoms with Gasteiger partial charge in [-0.3, -0.25) is 14.7 Å². The number of amides is 1. The Kier molecular flexibility index (Phi) is 4.96. The van der Waals surface area contributed by atoms with Crippen molar-refractivity contribution in [2.75, 3.05) is 32.8 Å². The Balaban J connectivity index is 1.94. The molecule has 20 heavy (non-hydrogen) atoms. The van der Waals surface area contributed by atoms with Crippen molar-refractivity contribution in [3.8, 4) is 0 Å². The number of ether oxygens (including phenoxy) is 1. The molecule has 1 aliphatic rings. The van der Waals surface area contributed by atoms with Gasteiger partial charge in [-0.25, -0.2) is 0 Å². The Labute approximate surface area is 124 Å². The molecule has 1 saturated heterocycles. The van der Waals surface area contributed by atoms with Crippen LogP contribution >= 0.6 is 11.6 Å². The minimum absolute atomic E-state index is 0.117. The molecule has 0 atom stereocenters. The van der Waals surface area contributed by atoms with Crippen molar-refractivity contribution >= 4 is 17.5 Å². The molecule has 2 heterocycles. The SMILES string of the molecule is CC(C)(CNC(=O)c1cnccc1Cl)N1CCOCC1. The first-order chi connectivity index (χ1) is 9.50. The Morgan fingerprint density at radius 2 is 2.20 bits per heavy atom. The molecule has 0 unspecified atom stereocenters. The summed E-state index contributed by atoms with van der Waals surface area (Å²) < 4.78 is 5.35. The first kappa shape index (κ1) is 15.2. The van der Waals surface area contributed by atoms with Crippen molar-refractivity contribution in [3.05, 3.63) is 29.0 Å². The van der Waals surface area contributed by atoms with Crippen LogP contribution < -0.4 is 5.32 Å². The minimum atomic E-state index is -0.190. The predicted molar refractivity (Wildman–Crippen MR) is 78.1 cm³/mol. The van der Waals surface area contributed by atoms with E-state index in [0.29, 0.717) is 17.1 Å². The molecule has 1 fully saturated rings. The van der Waals surface area contributed by atoms with Crippen molar-refractivity contribution < 1.29 is 9.53 Å². The number of morpholine rings is 1. The van der Waals surface area contributed by atoms with Crippen molar-refractivity contribution in [1.82, 2.24) is 15.2 Å². The second-order valence-corrected chi connectivity index (χ2v) is 5.86. The van der Waals surface area contributed by atoms with Gasteiger partial charge < -0.3 is 10.1 Å². The topological polar surface area (TPSA) is 54.5 Å². The Hall–Kier alpha value is -1.17. The third-order valence-corrected chi connectivity index (χ3v) is 3.89. The van der Waals surface area contributed by atoms with E-state index in [1.165, 1.54) is 6.20 Å². The standard InChI is InChI=1S/C14H20ClN3O2/c1-14(2,18-5-7-20-8-6-18)10-17-13(19)11-9-16-4-3-12(11)15/h3-4,9H,5-8,10H2,1-2H3,(H,17,19). The maximum atomic E-state index is 12.1. The van der Waals surface area contributed by atoms with Crippen LogP contribution in [0, 0.1) is 0 Å². The summed E-state index contributed by atoms with van der Waals surface area (Å²) in [6, 6.07) is 1.61. The third kappa shape index (κ3) is 3.69. The van der Waals surface area contributed by atoms with E-state index in [9.17, 15) is 4.79 Å². The average Bonchev–Trinajstić information content (AvgIpc) is 2.46. The van der Waals surface area contributed by atoms with Crippen LogP contribution in [0.5, 0.6) is 0 Å². The van der Waals surface area contributed by atoms with Gasteiger partial charge in [0.2, 0.25) is 0 Å². The fraction of sp³-hybridized carbons (Fsp3) is 0.571. The van der Waals surface area contributed by atoms with Gasteiger partial charge >= 0.3 is 0 Å². The number of carbonyl (C=O) groups is 1. The molecule has 1 amide bonds. The summed E-state index contributed by atoms with van der Waals surface area (Å²) in [6.07, 6.45) is 3.05. The van der Waals surface area contributed by atoms with Gasteiger partial charge in [-0.15, -0.1) is 0 Å². The van der Waals surface area contributed by atoms with Crippen molar-refractivity contribution in [2.45, 2.75) is 19.4 Å². The summed E-state index contributed by atoms with van der Waals surface area (Å²) >= 11 is 5.99. The highest BCUT2D eigenvalue weighted by Crippen LogP contribution is 2.17. The third-order valence-electron chi connectivity index (χ3n) is 3.56. The Morgan fingerprint density at radius 3 is 2.85 bits per heavy atom. The molecule has 0 bridgehead atoms. The maximum absolute atomic E-state index is 12.1. The Bertz CT molecular complexity index is 473. The van der Waals surface area contributed by atoms with Crippen LogP contribution in [0.25, 0.3) is 0 Å². The fourth-order valence-electron chi connectivity index (χ4n) is 2.22. The second-order valence-electron chi connectivity index (χ2n) is 5.45. The molecular formula is C14H20ClN3O2. The van der Waals surface area contributed by atoms with Gasteiger partial charge in [0.1, 0.15) is 0 Å². The van der Waals surface area contributed by atoms with E-state index in [-0.39, 0.29) is 11.4 Å². The lowest BCUT2D eigenvalue weighted by atomic mass is 10.0. The number of pyridine rings is 1. The van der Waals surface area contributed by atoms with Crippen LogP contribution in [0.1, 0.15) is 24.2 Å². The summed E-state index contributed by atoms with van der Waals surface area (Å²) in [4.78, 5) is 18.4. The summed E-state index contributed by atoms with van der Waals surface area (Å²) in [5.41, 5.74) is 0.292. The number of aromatic nitrogens is 1. The second kappa shape index (κ2) is 6.52. The molecule has 0 spiro atoms. The molecule has 1 aromatic rings. The van der Waals surface area contributed by atoms with Crippen LogP contribution in [-0.4, -0.2) is 54.2 Å². The first-order valence-electron chi connectivity index (χ1n) is 6.71. The number of halogens is 1. The van der Waals surface area contributed by atoms with E-state index in [2.05, 4.69) is 29.0 Å². The molecule has 0 saturated carbocycles. The molecule has 1 aromatic heterocycles. The zero-order valence-corrected chi connectivity index (χ0v) is 12.6. The van der Waals surface area contributed by atoms with Crippen LogP contribution in [0.4, 0.5) is 0 Å². The van der Waals surface area contributed by atoms with Crippen molar-refractivity contribution in [1.29, 1.82) is 0 Å². The molecule has 5 nitrogen and oxygen atoms in total. The van der Waals surface area contributed by atoms with Crippen LogP contribution in [0.3, 0.4) is 0 Å². The molecule has 1 aliphatic heterocycles. The van der Waals surface area contributed by atoms with Crippen LogP contribution in [-0.2, 0) is 4.74 Å². The number of nitrogens with zero attached hydrogens (tertiary/aromatic N) is 2. The first-order valence-corrected chi connectivity index (χ1v) is 7.09. The van der Waals surface area contributed by atoms with E-state index in [1.54, 1.807) is 12.3 Å². The van der Waals surface area contributed by atoms with Gasteiger partial charge in [-0.05, 0) is 19.9 Å². The molecule has 0 aliphatic carbocycles.